The Hall–Kier alpha value is -4.54. The summed E-state index contributed by atoms with van der Waals surface area (Å²) in [7, 11) is 0. The van der Waals surface area contributed by atoms with Crippen LogP contribution < -0.4 is 19.4 Å². The van der Waals surface area contributed by atoms with Gasteiger partial charge in [0.15, 0.2) is 6.10 Å². The van der Waals surface area contributed by atoms with Crippen LogP contribution in [0.1, 0.15) is 19.4 Å². The number of para-hydroxylation sites is 1. The first-order valence-corrected chi connectivity index (χ1v) is 11.2. The largest absolute Gasteiger partial charge is 0.479 e. The average molecular weight is 513 g/mol. The summed E-state index contributed by atoms with van der Waals surface area (Å²) in [6.07, 6.45) is -5.80. The number of hydrogen-bond acceptors (Lipinski definition) is 4. The zero-order valence-corrected chi connectivity index (χ0v) is 19.8. The quantitative estimate of drug-likeness (QED) is 0.419. The number of carbonyl (C=O) groups is 3. The fourth-order valence-electron chi connectivity index (χ4n) is 3.90. The molecule has 0 radical (unpaired) electrons. The van der Waals surface area contributed by atoms with Gasteiger partial charge in [-0.15, -0.1) is 0 Å². The third kappa shape index (κ3) is 4.92. The van der Waals surface area contributed by atoms with Crippen LogP contribution in [0.3, 0.4) is 0 Å². The second-order valence-corrected chi connectivity index (χ2v) is 8.11. The van der Waals surface area contributed by atoms with Gasteiger partial charge in [-0.05, 0) is 68.4 Å². The summed E-state index contributed by atoms with van der Waals surface area (Å²) in [6, 6.07) is 14.9. The van der Waals surface area contributed by atoms with Gasteiger partial charge in [0.2, 0.25) is 0 Å². The molecule has 3 aromatic carbocycles. The highest BCUT2D eigenvalue weighted by molar-refractivity contribution is 6.28. The molecule has 0 unspecified atom stereocenters. The van der Waals surface area contributed by atoms with Crippen molar-refractivity contribution in [3.8, 4) is 5.75 Å². The van der Waals surface area contributed by atoms with Crippen molar-refractivity contribution in [3.05, 3.63) is 78.4 Å². The zero-order chi connectivity index (χ0) is 26.9. The fourth-order valence-corrected chi connectivity index (χ4v) is 3.90. The lowest BCUT2D eigenvalue weighted by Gasteiger charge is -2.27. The van der Waals surface area contributed by atoms with E-state index in [1.165, 1.54) is 42.2 Å². The van der Waals surface area contributed by atoms with E-state index in [9.17, 15) is 27.6 Å². The lowest BCUT2D eigenvalue weighted by molar-refractivity contribution is -0.144. The van der Waals surface area contributed by atoms with E-state index >= 15 is 0 Å². The van der Waals surface area contributed by atoms with Crippen LogP contribution in [0.4, 0.5) is 45.5 Å². The molecule has 8 nitrogen and oxygen atoms in total. The molecule has 1 atom stereocenters. The van der Waals surface area contributed by atoms with Gasteiger partial charge in [-0.3, -0.25) is 9.80 Å². The van der Waals surface area contributed by atoms with Crippen LogP contribution in [-0.4, -0.2) is 35.8 Å². The number of aliphatic carboxylic acids is 1. The number of benzene rings is 3. The maximum Gasteiger partial charge on any atom is 0.416 e. The van der Waals surface area contributed by atoms with Crippen LogP contribution in [0.2, 0.25) is 0 Å². The maximum absolute atomic E-state index is 13.9. The molecule has 0 bridgehead atoms. The lowest BCUT2D eigenvalue weighted by Crippen LogP contribution is -2.48. The van der Waals surface area contributed by atoms with Crippen LogP contribution in [-0.2, 0) is 11.0 Å². The maximum atomic E-state index is 13.9. The van der Waals surface area contributed by atoms with Crippen molar-refractivity contribution >= 4 is 40.8 Å². The predicted molar refractivity (Wildman–Crippen MR) is 130 cm³/mol. The van der Waals surface area contributed by atoms with Gasteiger partial charge in [0.05, 0.1) is 28.3 Å². The SMILES string of the molecule is CCN1C(=O)N(c2ccc(O[C@@H](C)C(=O)O)cc2)C(=O)N(c2ccccc2)c2cc(C(F)(F)F)ccc21. The number of fused-ring (bicyclic) bond motifs is 1. The second-order valence-electron chi connectivity index (χ2n) is 8.11. The molecule has 192 valence electrons. The number of imide groups is 1. The molecular formula is C26H22F3N3O5. The molecule has 0 saturated carbocycles. The molecule has 37 heavy (non-hydrogen) atoms. The third-order valence-electron chi connectivity index (χ3n) is 5.73. The van der Waals surface area contributed by atoms with Gasteiger partial charge in [-0.1, -0.05) is 18.2 Å². The number of hydrogen-bond donors (Lipinski definition) is 1. The third-order valence-corrected chi connectivity index (χ3v) is 5.73. The Labute approximate surface area is 210 Å². The van der Waals surface area contributed by atoms with Gasteiger partial charge in [0.25, 0.3) is 0 Å². The Balaban J connectivity index is 1.86. The van der Waals surface area contributed by atoms with Crippen molar-refractivity contribution in [2.24, 2.45) is 0 Å². The predicted octanol–water partition coefficient (Wildman–Crippen LogP) is 6.28. The Morgan fingerprint density at radius 2 is 1.51 bits per heavy atom. The molecule has 4 rings (SSSR count). The van der Waals surface area contributed by atoms with Gasteiger partial charge < -0.3 is 9.84 Å². The number of rotatable bonds is 6. The van der Waals surface area contributed by atoms with Crippen LogP contribution in [0.5, 0.6) is 5.75 Å². The van der Waals surface area contributed by atoms with Crippen LogP contribution >= 0.6 is 0 Å². The number of carboxylic acids is 1. The molecule has 1 aliphatic heterocycles. The van der Waals surface area contributed by atoms with Crippen LogP contribution in [0.25, 0.3) is 0 Å². The smallest absolute Gasteiger partial charge is 0.416 e. The van der Waals surface area contributed by atoms with Gasteiger partial charge in [-0.25, -0.2) is 19.3 Å². The van der Waals surface area contributed by atoms with E-state index in [0.717, 1.165) is 21.9 Å². The summed E-state index contributed by atoms with van der Waals surface area (Å²) in [5.41, 5.74) is -0.548. The molecule has 4 amide bonds. The topological polar surface area (TPSA) is 90.4 Å². The van der Waals surface area contributed by atoms with E-state index in [1.807, 2.05) is 0 Å². The first kappa shape index (κ1) is 25.5. The Morgan fingerprint density at radius 3 is 2.08 bits per heavy atom. The number of ether oxygens (including phenoxy) is 1. The van der Waals surface area contributed by atoms with E-state index in [-0.39, 0.29) is 35.0 Å². The summed E-state index contributed by atoms with van der Waals surface area (Å²) in [4.78, 5) is 41.7. The van der Waals surface area contributed by atoms with Gasteiger partial charge in [0, 0.05) is 6.54 Å². The number of halogens is 3. The molecular weight excluding hydrogens is 491 g/mol. The first-order chi connectivity index (χ1) is 17.5. The van der Waals surface area contributed by atoms with E-state index in [1.54, 1.807) is 37.3 Å². The normalized spacial score (nSPS) is 14.8. The van der Waals surface area contributed by atoms with E-state index < -0.39 is 35.9 Å². The highest BCUT2D eigenvalue weighted by Crippen LogP contribution is 2.43. The van der Waals surface area contributed by atoms with Gasteiger partial charge >= 0.3 is 24.2 Å². The second kappa shape index (κ2) is 9.84. The highest BCUT2D eigenvalue weighted by atomic mass is 19.4. The Morgan fingerprint density at radius 1 is 0.892 bits per heavy atom. The van der Waals surface area contributed by atoms with Gasteiger partial charge in [0.1, 0.15) is 5.75 Å². The van der Waals surface area contributed by atoms with Crippen molar-refractivity contribution in [1.29, 1.82) is 0 Å². The molecule has 1 heterocycles. The number of amides is 4. The fraction of sp³-hybridized carbons (Fsp3) is 0.192. The van der Waals surface area contributed by atoms with Crippen molar-refractivity contribution in [1.82, 2.24) is 0 Å². The molecule has 1 aliphatic rings. The molecule has 0 fully saturated rings. The first-order valence-electron chi connectivity index (χ1n) is 11.2. The minimum Gasteiger partial charge on any atom is -0.479 e. The van der Waals surface area contributed by atoms with Crippen LogP contribution in [0, 0.1) is 0 Å². The number of urea groups is 2. The molecule has 11 heteroatoms. The number of carboxylic acid groups (broad SMARTS) is 1. The summed E-state index contributed by atoms with van der Waals surface area (Å²) in [5.74, 6) is -0.978. The molecule has 1 N–H and O–H groups in total. The molecule has 0 aromatic heterocycles. The van der Waals surface area contributed by atoms with Crippen molar-refractivity contribution in [2.45, 2.75) is 26.1 Å². The number of alkyl halides is 3. The monoisotopic (exact) mass is 513 g/mol. The summed E-state index contributed by atoms with van der Waals surface area (Å²) in [6.45, 7) is 3.06. The summed E-state index contributed by atoms with van der Waals surface area (Å²) in [5, 5.41) is 9.05. The van der Waals surface area contributed by atoms with Crippen molar-refractivity contribution in [2.75, 3.05) is 21.2 Å². The van der Waals surface area contributed by atoms with Crippen molar-refractivity contribution in [3.63, 3.8) is 0 Å². The lowest BCUT2D eigenvalue weighted by atomic mass is 10.1. The molecule has 0 saturated heterocycles. The Bertz CT molecular complexity index is 1330. The highest BCUT2D eigenvalue weighted by Gasteiger charge is 2.41. The summed E-state index contributed by atoms with van der Waals surface area (Å²) >= 11 is 0. The zero-order valence-electron chi connectivity index (χ0n) is 19.8. The average Bonchev–Trinajstić information content (AvgIpc) is 2.95. The van der Waals surface area contributed by atoms with Crippen molar-refractivity contribution < 1.29 is 37.4 Å². The standard InChI is InChI=1S/C26H22F3N3O5/c1-3-30-21-14-9-17(26(27,28)29)15-22(21)31(18-7-5-4-6-8-18)25(36)32(24(30)35)19-10-12-20(13-11-19)37-16(2)23(33)34/h4-16H,3H2,1-2H3,(H,33,34)/t16-/m0/s1. The van der Waals surface area contributed by atoms with E-state index in [0.29, 0.717) is 0 Å². The van der Waals surface area contributed by atoms with Gasteiger partial charge in [-0.2, -0.15) is 13.2 Å². The molecule has 0 aliphatic carbocycles. The summed E-state index contributed by atoms with van der Waals surface area (Å²) < 4.78 is 46.2. The van der Waals surface area contributed by atoms with E-state index in [2.05, 4.69) is 0 Å². The molecule has 3 aromatic rings. The van der Waals surface area contributed by atoms with E-state index in [4.69, 9.17) is 9.84 Å². The minimum absolute atomic E-state index is 0.0704. The van der Waals surface area contributed by atoms with Crippen LogP contribution in [0.15, 0.2) is 72.8 Å². The molecule has 0 spiro atoms. The number of nitrogens with zero attached hydrogens (tertiary/aromatic N) is 3. The Kier molecular flexibility index (Phi) is 6.80. The minimum atomic E-state index is -4.67. The number of anilines is 4. The number of carbonyl (C=O) groups excluding carboxylic acids is 2.